The molecule has 0 aliphatic carbocycles. The average molecular weight is 498 g/mol. The van der Waals surface area contributed by atoms with Gasteiger partial charge in [0.25, 0.3) is 11.8 Å². The summed E-state index contributed by atoms with van der Waals surface area (Å²) in [6, 6.07) is 20.1. The van der Waals surface area contributed by atoms with Crippen LogP contribution in [0.25, 0.3) is 0 Å². The van der Waals surface area contributed by atoms with Gasteiger partial charge in [0.05, 0.1) is 6.61 Å². The maximum Gasteiger partial charge on any atom is 0.256 e. The van der Waals surface area contributed by atoms with E-state index in [0.29, 0.717) is 47.3 Å². The third kappa shape index (κ3) is 5.36. The number of fused-ring (bicyclic) bond motifs is 1. The topological polar surface area (TPSA) is 70.7 Å². The number of carbonyl (C=O) groups is 2. The largest absolute Gasteiger partial charge is 0.383 e. The monoisotopic (exact) mass is 497 g/mol. The summed E-state index contributed by atoms with van der Waals surface area (Å²) in [6.07, 6.45) is 0.302. The van der Waals surface area contributed by atoms with Gasteiger partial charge in [0, 0.05) is 52.6 Å². The van der Waals surface area contributed by atoms with Crippen molar-refractivity contribution in [1.29, 1.82) is 0 Å². The smallest absolute Gasteiger partial charge is 0.256 e. The highest BCUT2D eigenvalue weighted by atomic mass is 35.5. The number of amides is 2. The summed E-state index contributed by atoms with van der Waals surface area (Å²) in [4.78, 5) is 27.2. The van der Waals surface area contributed by atoms with E-state index in [1.807, 2.05) is 42.5 Å². The Kier molecular flexibility index (Phi) is 7.73. The molecule has 2 N–H and O–H groups in total. The van der Waals surface area contributed by atoms with E-state index in [2.05, 4.69) is 10.6 Å². The maximum absolute atomic E-state index is 12.8. The Balaban J connectivity index is 1.39. The molecule has 8 heteroatoms. The Morgan fingerprint density at radius 1 is 1.06 bits per heavy atom. The Morgan fingerprint density at radius 2 is 1.82 bits per heavy atom. The third-order valence-corrected chi connectivity index (χ3v) is 6.33. The van der Waals surface area contributed by atoms with Crippen LogP contribution in [0.4, 0.5) is 5.69 Å². The fourth-order valence-corrected chi connectivity index (χ4v) is 4.46. The van der Waals surface area contributed by atoms with Crippen molar-refractivity contribution in [3.63, 3.8) is 0 Å². The highest BCUT2D eigenvalue weighted by molar-refractivity contribution is 6.35. The average Bonchev–Trinajstić information content (AvgIpc) is 3.10. The van der Waals surface area contributed by atoms with Crippen molar-refractivity contribution in [2.45, 2.75) is 12.6 Å². The predicted molar refractivity (Wildman–Crippen MR) is 135 cm³/mol. The fourth-order valence-electron chi connectivity index (χ4n) is 3.96. The number of ether oxygens (including phenoxy) is 1. The van der Waals surface area contributed by atoms with Crippen LogP contribution in [0.15, 0.2) is 66.7 Å². The number of benzene rings is 3. The van der Waals surface area contributed by atoms with Crippen molar-refractivity contribution < 1.29 is 14.3 Å². The highest BCUT2D eigenvalue weighted by Gasteiger charge is 2.36. The molecule has 0 fully saturated rings. The van der Waals surface area contributed by atoms with E-state index in [1.54, 1.807) is 36.3 Å². The highest BCUT2D eigenvalue weighted by Crippen LogP contribution is 2.34. The molecule has 0 saturated carbocycles. The van der Waals surface area contributed by atoms with Crippen LogP contribution in [0.2, 0.25) is 10.0 Å². The number of methoxy groups -OCH3 is 1. The maximum atomic E-state index is 12.8. The van der Waals surface area contributed by atoms with E-state index >= 15 is 0 Å². The van der Waals surface area contributed by atoms with Crippen molar-refractivity contribution in [2.24, 2.45) is 0 Å². The quantitative estimate of drug-likeness (QED) is 0.427. The summed E-state index contributed by atoms with van der Waals surface area (Å²) in [7, 11) is 1.62. The molecule has 0 aromatic heterocycles. The van der Waals surface area contributed by atoms with Crippen LogP contribution in [0, 0.1) is 0 Å². The van der Waals surface area contributed by atoms with Gasteiger partial charge in [0.2, 0.25) is 0 Å². The summed E-state index contributed by atoms with van der Waals surface area (Å²) in [6.45, 7) is 1.37. The molecular formula is C26H25Cl2N3O3. The lowest BCUT2D eigenvalue weighted by molar-refractivity contribution is 0.0674. The molecule has 176 valence electrons. The molecule has 4 rings (SSSR count). The molecule has 1 heterocycles. The SMILES string of the molecule is COCCN1C(=O)c2ccccc2C1Nc1ccc(C(=O)NCCc2ccc(Cl)cc2Cl)cc1. The Bertz CT molecular complexity index is 1180. The number of carbonyl (C=O) groups excluding carboxylic acids is 2. The normalized spacial score (nSPS) is 14.7. The van der Waals surface area contributed by atoms with Crippen molar-refractivity contribution in [3.05, 3.63) is 99.0 Å². The molecule has 3 aromatic carbocycles. The fraction of sp³-hybridized carbons (Fsp3) is 0.231. The minimum absolute atomic E-state index is 0.0260. The van der Waals surface area contributed by atoms with Gasteiger partial charge in [0.15, 0.2) is 0 Å². The van der Waals surface area contributed by atoms with Crippen molar-refractivity contribution in [1.82, 2.24) is 10.2 Å². The number of rotatable bonds is 9. The molecule has 1 aliphatic rings. The van der Waals surface area contributed by atoms with Gasteiger partial charge in [-0.25, -0.2) is 0 Å². The first-order valence-corrected chi connectivity index (χ1v) is 11.7. The molecule has 0 spiro atoms. The summed E-state index contributed by atoms with van der Waals surface area (Å²) < 4.78 is 5.18. The first-order chi connectivity index (χ1) is 16.5. The summed E-state index contributed by atoms with van der Waals surface area (Å²) in [5, 5.41) is 7.50. The van der Waals surface area contributed by atoms with Crippen LogP contribution in [0.1, 0.15) is 38.0 Å². The Morgan fingerprint density at radius 3 is 2.56 bits per heavy atom. The number of nitrogens with zero attached hydrogens (tertiary/aromatic N) is 1. The standard InChI is InChI=1S/C26H25Cl2N3O3/c1-34-15-14-31-24(21-4-2-3-5-22(21)26(31)33)30-20-10-7-18(8-11-20)25(32)29-13-12-17-6-9-19(27)16-23(17)28/h2-11,16,24,30H,12-15H2,1H3,(H,29,32). The summed E-state index contributed by atoms with van der Waals surface area (Å²) in [5.74, 6) is -0.193. The second-order valence-corrected chi connectivity index (χ2v) is 8.79. The predicted octanol–water partition coefficient (Wildman–Crippen LogP) is 5.18. The molecule has 1 atom stereocenters. The van der Waals surface area contributed by atoms with E-state index in [0.717, 1.165) is 16.8 Å². The molecule has 6 nitrogen and oxygen atoms in total. The van der Waals surface area contributed by atoms with E-state index in [-0.39, 0.29) is 18.0 Å². The molecule has 0 radical (unpaired) electrons. The van der Waals surface area contributed by atoms with E-state index < -0.39 is 0 Å². The molecular weight excluding hydrogens is 473 g/mol. The van der Waals surface area contributed by atoms with Gasteiger partial charge in [-0.15, -0.1) is 0 Å². The number of hydrogen-bond donors (Lipinski definition) is 2. The zero-order valence-electron chi connectivity index (χ0n) is 18.7. The zero-order chi connectivity index (χ0) is 24.1. The molecule has 3 aromatic rings. The van der Waals surface area contributed by atoms with Crippen LogP contribution < -0.4 is 10.6 Å². The van der Waals surface area contributed by atoms with Gasteiger partial charge in [-0.3, -0.25) is 9.59 Å². The first kappa shape index (κ1) is 24.1. The second kappa shape index (κ2) is 10.9. The molecule has 0 bridgehead atoms. The molecule has 0 saturated heterocycles. The van der Waals surface area contributed by atoms with E-state index in [1.165, 1.54) is 0 Å². The molecule has 34 heavy (non-hydrogen) atoms. The van der Waals surface area contributed by atoms with Gasteiger partial charge in [-0.05, 0) is 54.4 Å². The zero-order valence-corrected chi connectivity index (χ0v) is 20.2. The van der Waals surface area contributed by atoms with Crippen LogP contribution in [0.3, 0.4) is 0 Å². The molecule has 1 aliphatic heterocycles. The third-order valence-electron chi connectivity index (χ3n) is 5.74. The van der Waals surface area contributed by atoms with Crippen LogP contribution in [-0.4, -0.2) is 43.5 Å². The van der Waals surface area contributed by atoms with Crippen LogP contribution in [0.5, 0.6) is 0 Å². The lowest BCUT2D eigenvalue weighted by atomic mass is 10.1. The van der Waals surface area contributed by atoms with E-state index in [9.17, 15) is 9.59 Å². The van der Waals surface area contributed by atoms with Crippen LogP contribution >= 0.6 is 23.2 Å². The summed E-state index contributed by atoms with van der Waals surface area (Å²) in [5.41, 5.74) is 3.89. The number of hydrogen-bond acceptors (Lipinski definition) is 4. The number of anilines is 1. The first-order valence-electron chi connectivity index (χ1n) is 11.0. The van der Waals surface area contributed by atoms with Crippen molar-refractivity contribution >= 4 is 40.7 Å². The lowest BCUT2D eigenvalue weighted by Crippen LogP contribution is -2.35. The van der Waals surface area contributed by atoms with Gasteiger partial charge < -0.3 is 20.3 Å². The van der Waals surface area contributed by atoms with Gasteiger partial charge in [0.1, 0.15) is 6.17 Å². The van der Waals surface area contributed by atoms with Crippen molar-refractivity contribution in [3.8, 4) is 0 Å². The Labute approximate surface area is 208 Å². The van der Waals surface area contributed by atoms with Gasteiger partial charge >= 0.3 is 0 Å². The minimum atomic E-state index is -0.303. The number of nitrogens with one attached hydrogen (secondary N) is 2. The van der Waals surface area contributed by atoms with Gasteiger partial charge in [-0.2, -0.15) is 0 Å². The second-order valence-electron chi connectivity index (χ2n) is 7.94. The van der Waals surface area contributed by atoms with Gasteiger partial charge in [-0.1, -0.05) is 47.5 Å². The Hall–Kier alpha value is -3.06. The summed E-state index contributed by atoms with van der Waals surface area (Å²) >= 11 is 12.1. The van der Waals surface area contributed by atoms with E-state index in [4.69, 9.17) is 27.9 Å². The number of halogens is 2. The molecule has 1 unspecified atom stereocenters. The van der Waals surface area contributed by atoms with Crippen LogP contribution in [-0.2, 0) is 11.2 Å². The lowest BCUT2D eigenvalue weighted by Gasteiger charge is -2.27. The van der Waals surface area contributed by atoms with Crippen molar-refractivity contribution in [2.75, 3.05) is 32.1 Å². The minimum Gasteiger partial charge on any atom is -0.383 e. The molecule has 2 amide bonds.